The first-order valence-corrected chi connectivity index (χ1v) is 5.25. The molecule has 3 unspecified atom stereocenters. The van der Waals surface area contributed by atoms with E-state index in [1.165, 1.54) is 0 Å². The van der Waals surface area contributed by atoms with Gasteiger partial charge < -0.3 is 5.32 Å². The van der Waals surface area contributed by atoms with Crippen molar-refractivity contribution in [2.24, 2.45) is 0 Å². The van der Waals surface area contributed by atoms with Gasteiger partial charge in [-0.25, -0.2) is 0 Å². The van der Waals surface area contributed by atoms with Gasteiger partial charge in [-0.3, -0.25) is 4.90 Å². The van der Waals surface area contributed by atoms with Crippen LogP contribution in [-0.4, -0.2) is 41.5 Å². The molecule has 0 radical (unpaired) electrons. The first kappa shape index (κ1) is 10.6. The zero-order valence-corrected chi connectivity index (χ0v) is 9.07. The summed E-state index contributed by atoms with van der Waals surface area (Å²) >= 11 is 12.1. The molecule has 1 rings (SSSR count). The number of nitrogens with zero attached hydrogens (tertiary/aromatic N) is 1. The normalized spacial score (nSPS) is 31.5. The Morgan fingerprint density at radius 1 is 1.42 bits per heavy atom. The summed E-state index contributed by atoms with van der Waals surface area (Å²) in [5.74, 6) is 0. The molecule has 1 fully saturated rings. The van der Waals surface area contributed by atoms with Gasteiger partial charge in [-0.05, 0) is 13.8 Å². The molecule has 1 aliphatic heterocycles. The maximum Gasteiger partial charge on any atom is 0.0825 e. The molecule has 0 amide bonds. The summed E-state index contributed by atoms with van der Waals surface area (Å²) in [4.78, 5) is 2.25. The third-order valence-electron chi connectivity index (χ3n) is 2.31. The fourth-order valence-electron chi connectivity index (χ4n) is 1.61. The Bertz CT molecular complexity index is 123. The van der Waals surface area contributed by atoms with E-state index in [-0.39, 0.29) is 10.9 Å². The summed E-state index contributed by atoms with van der Waals surface area (Å²) in [6.45, 7) is 6.97. The molecule has 0 aliphatic carbocycles. The minimum Gasteiger partial charge on any atom is -0.314 e. The monoisotopic (exact) mass is 210 g/mol. The van der Waals surface area contributed by atoms with Gasteiger partial charge in [0.1, 0.15) is 0 Å². The van der Waals surface area contributed by atoms with Crippen LogP contribution in [-0.2, 0) is 0 Å². The summed E-state index contributed by atoms with van der Waals surface area (Å²) in [7, 11) is 0. The summed E-state index contributed by atoms with van der Waals surface area (Å²) < 4.78 is 0. The number of piperazine rings is 1. The first-order chi connectivity index (χ1) is 5.63. The zero-order valence-electron chi connectivity index (χ0n) is 7.56. The highest BCUT2D eigenvalue weighted by Gasteiger charge is 2.28. The van der Waals surface area contributed by atoms with Crippen molar-refractivity contribution in [3.05, 3.63) is 0 Å². The molecule has 0 aromatic heterocycles. The number of nitrogens with one attached hydrogen (secondary N) is 1. The van der Waals surface area contributed by atoms with E-state index < -0.39 is 0 Å². The van der Waals surface area contributed by atoms with Gasteiger partial charge in [0.15, 0.2) is 0 Å². The Morgan fingerprint density at radius 2 is 2.08 bits per heavy atom. The average Bonchev–Trinajstić information content (AvgIpc) is 2.04. The van der Waals surface area contributed by atoms with Crippen LogP contribution in [0.4, 0.5) is 0 Å². The predicted molar refractivity (Wildman–Crippen MR) is 54.0 cm³/mol. The van der Waals surface area contributed by atoms with Crippen molar-refractivity contribution in [2.75, 3.05) is 19.6 Å². The van der Waals surface area contributed by atoms with E-state index in [0.29, 0.717) is 6.04 Å². The molecule has 1 N–H and O–H groups in total. The molecule has 4 heteroatoms. The van der Waals surface area contributed by atoms with Crippen LogP contribution < -0.4 is 5.32 Å². The van der Waals surface area contributed by atoms with Gasteiger partial charge >= 0.3 is 0 Å². The van der Waals surface area contributed by atoms with Crippen molar-refractivity contribution in [2.45, 2.75) is 30.8 Å². The third-order valence-corrected chi connectivity index (χ3v) is 2.86. The molecule has 72 valence electrons. The summed E-state index contributed by atoms with van der Waals surface area (Å²) in [6, 6.07) is 0.368. The van der Waals surface area contributed by atoms with Crippen LogP contribution >= 0.6 is 23.2 Å². The molecule has 0 bridgehead atoms. The molecule has 3 atom stereocenters. The molecule has 1 heterocycles. The average molecular weight is 211 g/mol. The second-order valence-electron chi connectivity index (χ2n) is 3.26. The Labute approximate surface area is 84.2 Å². The number of hydrogen-bond acceptors (Lipinski definition) is 2. The van der Waals surface area contributed by atoms with Gasteiger partial charge in [0, 0.05) is 31.1 Å². The Morgan fingerprint density at radius 3 is 2.50 bits per heavy atom. The molecule has 1 aliphatic rings. The minimum atomic E-state index is 0.0818. The van der Waals surface area contributed by atoms with Gasteiger partial charge in [-0.1, -0.05) is 0 Å². The number of halogens is 2. The minimum absolute atomic E-state index is 0.0818. The van der Waals surface area contributed by atoms with Crippen molar-refractivity contribution >= 4 is 23.2 Å². The highest BCUT2D eigenvalue weighted by molar-refractivity contribution is 6.21. The maximum absolute atomic E-state index is 6.06. The van der Waals surface area contributed by atoms with E-state index in [1.807, 2.05) is 13.8 Å². The SMILES string of the molecule is CC(Cl)C1CNCCN1C(C)Cl. The van der Waals surface area contributed by atoms with Crippen LogP contribution in [0, 0.1) is 0 Å². The van der Waals surface area contributed by atoms with E-state index in [1.54, 1.807) is 0 Å². The van der Waals surface area contributed by atoms with E-state index >= 15 is 0 Å². The quantitative estimate of drug-likeness (QED) is 0.549. The lowest BCUT2D eigenvalue weighted by Gasteiger charge is -2.39. The highest BCUT2D eigenvalue weighted by atomic mass is 35.5. The van der Waals surface area contributed by atoms with Crippen LogP contribution in [0.15, 0.2) is 0 Å². The molecular formula is C8H16Cl2N2. The fraction of sp³-hybridized carbons (Fsp3) is 1.00. The van der Waals surface area contributed by atoms with Gasteiger partial charge in [0.25, 0.3) is 0 Å². The second-order valence-corrected chi connectivity index (χ2v) is 4.58. The lowest BCUT2D eigenvalue weighted by atomic mass is 10.1. The van der Waals surface area contributed by atoms with Crippen LogP contribution in [0.25, 0.3) is 0 Å². The Hall–Kier alpha value is 0.500. The summed E-state index contributed by atoms with van der Waals surface area (Å²) in [5.41, 5.74) is 0.0818. The van der Waals surface area contributed by atoms with Gasteiger partial charge in [0.05, 0.1) is 5.50 Å². The number of alkyl halides is 2. The standard InChI is InChI=1S/C8H16Cl2N2/c1-6(9)8-5-11-3-4-12(8)7(2)10/h6-8,11H,3-5H2,1-2H3. The smallest absolute Gasteiger partial charge is 0.0825 e. The summed E-state index contributed by atoms with van der Waals surface area (Å²) in [5, 5.41) is 3.47. The van der Waals surface area contributed by atoms with Crippen LogP contribution in [0.2, 0.25) is 0 Å². The van der Waals surface area contributed by atoms with Gasteiger partial charge in [0.2, 0.25) is 0 Å². The molecule has 0 aromatic carbocycles. The zero-order chi connectivity index (χ0) is 9.14. The van der Waals surface area contributed by atoms with Crippen LogP contribution in [0.3, 0.4) is 0 Å². The third kappa shape index (κ3) is 2.49. The van der Waals surface area contributed by atoms with E-state index in [2.05, 4.69) is 10.2 Å². The molecule has 0 saturated carbocycles. The molecule has 0 spiro atoms. The lowest BCUT2D eigenvalue weighted by molar-refractivity contribution is 0.150. The molecule has 1 saturated heterocycles. The van der Waals surface area contributed by atoms with Crippen LogP contribution in [0.1, 0.15) is 13.8 Å². The topological polar surface area (TPSA) is 15.3 Å². The fourth-order valence-corrected chi connectivity index (χ4v) is 2.09. The van der Waals surface area contributed by atoms with Gasteiger partial charge in [-0.15, -0.1) is 23.2 Å². The molecular weight excluding hydrogens is 195 g/mol. The van der Waals surface area contributed by atoms with Crippen molar-refractivity contribution in [1.29, 1.82) is 0 Å². The Balaban J connectivity index is 2.54. The van der Waals surface area contributed by atoms with Crippen molar-refractivity contribution < 1.29 is 0 Å². The number of rotatable bonds is 2. The molecule has 2 nitrogen and oxygen atoms in total. The van der Waals surface area contributed by atoms with Crippen LogP contribution in [0.5, 0.6) is 0 Å². The van der Waals surface area contributed by atoms with Crippen molar-refractivity contribution in [3.63, 3.8) is 0 Å². The summed E-state index contributed by atoms with van der Waals surface area (Å²) in [6.07, 6.45) is 0. The van der Waals surface area contributed by atoms with Gasteiger partial charge in [-0.2, -0.15) is 0 Å². The lowest BCUT2D eigenvalue weighted by Crippen LogP contribution is -2.56. The molecule has 0 aromatic rings. The van der Waals surface area contributed by atoms with E-state index in [0.717, 1.165) is 19.6 Å². The number of hydrogen-bond donors (Lipinski definition) is 1. The van der Waals surface area contributed by atoms with E-state index in [9.17, 15) is 0 Å². The largest absolute Gasteiger partial charge is 0.314 e. The van der Waals surface area contributed by atoms with Crippen molar-refractivity contribution in [3.8, 4) is 0 Å². The highest BCUT2D eigenvalue weighted by Crippen LogP contribution is 2.17. The maximum atomic E-state index is 6.06. The first-order valence-electron chi connectivity index (χ1n) is 4.37. The molecule has 12 heavy (non-hydrogen) atoms. The van der Waals surface area contributed by atoms with Crippen molar-refractivity contribution in [1.82, 2.24) is 10.2 Å². The second kappa shape index (κ2) is 4.66. The van der Waals surface area contributed by atoms with E-state index in [4.69, 9.17) is 23.2 Å². The Kier molecular flexibility index (Phi) is 4.11. The predicted octanol–water partition coefficient (Wildman–Crippen LogP) is 1.47.